The van der Waals surface area contributed by atoms with Gasteiger partial charge < -0.3 is 14.2 Å². The van der Waals surface area contributed by atoms with Gasteiger partial charge in [0.25, 0.3) is 0 Å². The molecule has 0 radical (unpaired) electrons. The molecule has 2 aliphatic rings. The van der Waals surface area contributed by atoms with Crippen LogP contribution in [0.3, 0.4) is 0 Å². The Bertz CT molecular complexity index is 850. The van der Waals surface area contributed by atoms with Gasteiger partial charge in [-0.25, -0.2) is 0 Å². The van der Waals surface area contributed by atoms with Gasteiger partial charge in [0.05, 0.1) is 7.11 Å². The monoisotopic (exact) mass is 373 g/mol. The van der Waals surface area contributed by atoms with Crippen molar-refractivity contribution in [2.75, 3.05) is 27.5 Å². The maximum atomic E-state index is 12.8. The number of Topliss-reactive ketones (excluding diaryl/α,β-unsaturated/α-hetero) is 1. The minimum absolute atomic E-state index is 0.0751. The first-order valence-corrected chi connectivity index (χ1v) is 8.94. The summed E-state index contributed by atoms with van der Waals surface area (Å²) in [6.45, 7) is 1.06. The lowest BCUT2D eigenvalue weighted by Crippen LogP contribution is -2.34. The molecular weight excluding hydrogens is 354 g/mol. The van der Waals surface area contributed by atoms with Gasteiger partial charge in [-0.3, -0.25) is 9.69 Å². The smallest absolute Gasteiger partial charge is 0.231 e. The third-order valence-electron chi connectivity index (χ3n) is 5.09. The summed E-state index contributed by atoms with van der Waals surface area (Å²) in [7, 11) is 3.66. The average Bonchev–Trinajstić information content (AvgIpc) is 3.11. The van der Waals surface area contributed by atoms with E-state index in [1.807, 2.05) is 13.1 Å². The van der Waals surface area contributed by atoms with Crippen molar-refractivity contribution in [3.05, 3.63) is 52.0 Å². The van der Waals surface area contributed by atoms with Gasteiger partial charge in [-0.05, 0) is 49.4 Å². The molecule has 0 saturated heterocycles. The Morgan fingerprint density at radius 1 is 1.31 bits per heavy atom. The number of fused-ring (bicyclic) bond motifs is 2. The summed E-state index contributed by atoms with van der Waals surface area (Å²) < 4.78 is 16.8. The van der Waals surface area contributed by atoms with Gasteiger partial charge in [-0.15, -0.1) is 0 Å². The number of carbonyl (C=O) groups excluding carboxylic acids is 1. The molecule has 5 nitrogen and oxygen atoms in total. The predicted molar refractivity (Wildman–Crippen MR) is 98.6 cm³/mol. The zero-order valence-corrected chi connectivity index (χ0v) is 15.5. The molecule has 1 atom stereocenters. The van der Waals surface area contributed by atoms with Crippen molar-refractivity contribution in [2.45, 2.75) is 18.9 Å². The molecule has 0 unspecified atom stereocenters. The van der Waals surface area contributed by atoms with E-state index >= 15 is 0 Å². The molecule has 0 fully saturated rings. The number of halogens is 1. The molecule has 136 valence electrons. The van der Waals surface area contributed by atoms with Gasteiger partial charge in [0.15, 0.2) is 17.3 Å². The summed E-state index contributed by atoms with van der Waals surface area (Å²) >= 11 is 5.93. The van der Waals surface area contributed by atoms with E-state index in [4.69, 9.17) is 25.8 Å². The quantitative estimate of drug-likeness (QED) is 0.761. The first-order chi connectivity index (χ1) is 12.6. The number of carbonyl (C=O) groups is 1. The predicted octanol–water partition coefficient (Wildman–Crippen LogP) is 3.88. The third-order valence-corrected chi connectivity index (χ3v) is 5.34. The number of likely N-dealkylation sites (N-methyl/N-ethyl adjacent to an activating group) is 1. The lowest BCUT2D eigenvalue weighted by molar-refractivity contribution is 0.0925. The molecule has 2 heterocycles. The molecule has 0 aromatic heterocycles. The van der Waals surface area contributed by atoms with E-state index in [2.05, 4.69) is 4.90 Å². The van der Waals surface area contributed by atoms with E-state index in [0.29, 0.717) is 34.3 Å². The van der Waals surface area contributed by atoms with Crippen molar-refractivity contribution in [3.8, 4) is 17.2 Å². The van der Waals surface area contributed by atoms with Crippen molar-refractivity contribution >= 4 is 17.4 Å². The zero-order chi connectivity index (χ0) is 18.3. The van der Waals surface area contributed by atoms with Gasteiger partial charge in [0.2, 0.25) is 12.5 Å². The number of ketones is 1. The highest BCUT2D eigenvalue weighted by Gasteiger charge is 2.35. The number of benzene rings is 2. The van der Waals surface area contributed by atoms with Crippen LogP contribution in [0.5, 0.6) is 17.2 Å². The fraction of sp³-hybridized carbons (Fsp3) is 0.350. The summed E-state index contributed by atoms with van der Waals surface area (Å²) in [6.07, 6.45) is 1.24. The van der Waals surface area contributed by atoms with E-state index in [1.165, 1.54) is 0 Å². The SMILES string of the molecule is COc1c2c(cc3c1[C@@H](CC(=O)c1ccc(Cl)cc1)N(C)CC3)OCO2. The fourth-order valence-corrected chi connectivity index (χ4v) is 3.84. The standard InChI is InChI=1S/C20H20ClNO4/c1-22-8-7-13-9-17-19(26-11-25-17)20(24-2)18(13)15(22)10-16(23)12-3-5-14(21)6-4-12/h3-6,9,15H,7-8,10-11H2,1-2H3/t15-/m1/s1. The molecule has 2 aliphatic heterocycles. The van der Waals surface area contributed by atoms with Gasteiger partial charge in [0, 0.05) is 35.2 Å². The van der Waals surface area contributed by atoms with Crippen molar-refractivity contribution < 1.29 is 19.0 Å². The van der Waals surface area contributed by atoms with Crippen molar-refractivity contribution in [2.24, 2.45) is 0 Å². The van der Waals surface area contributed by atoms with Crippen LogP contribution in [-0.2, 0) is 6.42 Å². The van der Waals surface area contributed by atoms with E-state index < -0.39 is 0 Å². The van der Waals surface area contributed by atoms with Crippen LogP contribution >= 0.6 is 11.6 Å². The van der Waals surface area contributed by atoms with Gasteiger partial charge in [-0.1, -0.05) is 11.6 Å². The number of ether oxygens (including phenoxy) is 3. The largest absolute Gasteiger partial charge is 0.492 e. The van der Waals surface area contributed by atoms with Crippen LogP contribution in [0.25, 0.3) is 0 Å². The maximum absolute atomic E-state index is 12.8. The molecule has 0 N–H and O–H groups in total. The van der Waals surface area contributed by atoms with Crippen LogP contribution in [0.4, 0.5) is 0 Å². The Labute approximate surface area is 157 Å². The molecule has 2 aromatic carbocycles. The molecule has 26 heavy (non-hydrogen) atoms. The lowest BCUT2D eigenvalue weighted by Gasteiger charge is -2.35. The number of rotatable bonds is 4. The topological polar surface area (TPSA) is 48.0 Å². The Balaban J connectivity index is 1.71. The minimum Gasteiger partial charge on any atom is -0.492 e. The van der Waals surface area contributed by atoms with Crippen molar-refractivity contribution in [3.63, 3.8) is 0 Å². The van der Waals surface area contributed by atoms with Crippen LogP contribution in [0, 0.1) is 0 Å². The Morgan fingerprint density at radius 3 is 2.81 bits per heavy atom. The summed E-state index contributed by atoms with van der Waals surface area (Å²) in [5, 5.41) is 0.621. The van der Waals surface area contributed by atoms with E-state index in [9.17, 15) is 4.79 Å². The number of methoxy groups -OCH3 is 1. The van der Waals surface area contributed by atoms with Crippen LogP contribution in [0.15, 0.2) is 30.3 Å². The molecule has 0 amide bonds. The Kier molecular flexibility index (Phi) is 4.51. The number of hydrogen-bond donors (Lipinski definition) is 0. The summed E-state index contributed by atoms with van der Waals surface area (Å²) in [5.74, 6) is 2.10. The Hall–Kier alpha value is -2.24. The van der Waals surface area contributed by atoms with Crippen molar-refractivity contribution in [1.29, 1.82) is 0 Å². The molecule has 0 aliphatic carbocycles. The summed E-state index contributed by atoms with van der Waals surface area (Å²) in [6, 6.07) is 8.97. The van der Waals surface area contributed by atoms with E-state index in [-0.39, 0.29) is 18.6 Å². The van der Waals surface area contributed by atoms with Gasteiger partial charge >= 0.3 is 0 Å². The minimum atomic E-state index is -0.0774. The molecule has 0 bridgehead atoms. The zero-order valence-electron chi connectivity index (χ0n) is 14.8. The molecule has 6 heteroatoms. The van der Waals surface area contributed by atoms with Crippen LogP contribution in [0.1, 0.15) is 33.9 Å². The van der Waals surface area contributed by atoms with Crippen LogP contribution in [-0.4, -0.2) is 38.2 Å². The highest BCUT2D eigenvalue weighted by Crippen LogP contribution is 2.50. The second-order valence-corrected chi connectivity index (χ2v) is 7.03. The summed E-state index contributed by atoms with van der Waals surface area (Å²) in [5.41, 5.74) is 2.83. The second-order valence-electron chi connectivity index (χ2n) is 6.60. The van der Waals surface area contributed by atoms with E-state index in [0.717, 1.165) is 24.1 Å². The van der Waals surface area contributed by atoms with Crippen LogP contribution < -0.4 is 14.2 Å². The molecule has 2 aromatic rings. The van der Waals surface area contributed by atoms with Gasteiger partial charge in [-0.2, -0.15) is 0 Å². The average molecular weight is 374 g/mol. The highest BCUT2D eigenvalue weighted by molar-refractivity contribution is 6.30. The molecule has 4 rings (SSSR count). The number of hydrogen-bond acceptors (Lipinski definition) is 5. The van der Waals surface area contributed by atoms with E-state index in [1.54, 1.807) is 31.4 Å². The van der Waals surface area contributed by atoms with Crippen molar-refractivity contribution in [1.82, 2.24) is 4.90 Å². The lowest BCUT2D eigenvalue weighted by atomic mass is 9.87. The second kappa shape index (κ2) is 6.82. The molecule has 0 spiro atoms. The third kappa shape index (κ3) is 2.91. The highest BCUT2D eigenvalue weighted by atomic mass is 35.5. The van der Waals surface area contributed by atoms with Crippen LogP contribution in [0.2, 0.25) is 5.02 Å². The van der Waals surface area contributed by atoms with Gasteiger partial charge in [0.1, 0.15) is 0 Å². The molecular formula is C20H20ClNO4. The summed E-state index contributed by atoms with van der Waals surface area (Å²) in [4.78, 5) is 15.0. The fourth-order valence-electron chi connectivity index (χ4n) is 3.71. The Morgan fingerprint density at radius 2 is 2.08 bits per heavy atom. The first kappa shape index (κ1) is 17.2. The maximum Gasteiger partial charge on any atom is 0.231 e. The normalized spacial score (nSPS) is 18.5. The first-order valence-electron chi connectivity index (χ1n) is 8.57. The number of nitrogens with zero attached hydrogens (tertiary/aromatic N) is 1. The molecule has 0 saturated carbocycles.